The maximum atomic E-state index is 12.6. The van der Waals surface area contributed by atoms with Crippen molar-refractivity contribution in [1.82, 2.24) is 19.2 Å². The van der Waals surface area contributed by atoms with Gasteiger partial charge in [0.1, 0.15) is 6.54 Å². The van der Waals surface area contributed by atoms with Crippen LogP contribution < -0.4 is 10.6 Å². The summed E-state index contributed by atoms with van der Waals surface area (Å²) in [7, 11) is 0. The van der Waals surface area contributed by atoms with Crippen molar-refractivity contribution in [2.75, 3.05) is 31.2 Å². The van der Waals surface area contributed by atoms with Crippen LogP contribution in [-0.2, 0) is 11.3 Å². The van der Waals surface area contributed by atoms with Crippen LogP contribution in [0.15, 0.2) is 41.5 Å². The maximum absolute atomic E-state index is 12.6. The number of Topliss-reactive ketones (excluding diaryl/α,β-unsaturated/α-hetero) is 1. The first kappa shape index (κ1) is 16.7. The summed E-state index contributed by atoms with van der Waals surface area (Å²) in [4.78, 5) is 31.4. The number of carbonyl (C=O) groups excluding carboxylic acids is 1. The molecule has 134 valence electrons. The highest BCUT2D eigenvalue weighted by Gasteiger charge is 2.20. The van der Waals surface area contributed by atoms with Crippen molar-refractivity contribution >= 4 is 28.8 Å². The minimum absolute atomic E-state index is 0.148. The predicted octanol–water partition coefficient (Wildman–Crippen LogP) is 1.26. The van der Waals surface area contributed by atoms with E-state index in [1.807, 2.05) is 4.90 Å². The number of hydrogen-bond acceptors (Lipinski definition) is 6. The molecule has 26 heavy (non-hydrogen) atoms. The number of ketones is 1. The highest BCUT2D eigenvalue weighted by atomic mass is 35.5. The summed E-state index contributed by atoms with van der Waals surface area (Å²) in [5.41, 5.74) is 0.535. The molecule has 0 spiro atoms. The van der Waals surface area contributed by atoms with E-state index in [2.05, 4.69) is 10.1 Å². The summed E-state index contributed by atoms with van der Waals surface area (Å²) in [5.74, 6) is 0.402. The minimum atomic E-state index is -0.376. The number of ether oxygens (including phenoxy) is 1. The molecule has 0 saturated carbocycles. The molecule has 1 fully saturated rings. The van der Waals surface area contributed by atoms with Crippen LogP contribution in [0.2, 0.25) is 5.02 Å². The highest BCUT2D eigenvalue weighted by molar-refractivity contribution is 6.30. The molecule has 0 bridgehead atoms. The van der Waals surface area contributed by atoms with E-state index in [9.17, 15) is 9.59 Å². The smallest absolute Gasteiger partial charge is 0.350 e. The molecule has 3 heterocycles. The van der Waals surface area contributed by atoms with Gasteiger partial charge in [-0.25, -0.2) is 18.9 Å². The van der Waals surface area contributed by atoms with Crippen molar-refractivity contribution in [2.24, 2.45) is 0 Å². The van der Waals surface area contributed by atoms with E-state index in [4.69, 9.17) is 16.3 Å². The van der Waals surface area contributed by atoms with Gasteiger partial charge in [0.15, 0.2) is 11.6 Å². The number of halogens is 1. The van der Waals surface area contributed by atoms with Crippen molar-refractivity contribution in [3.8, 4) is 0 Å². The molecule has 4 rings (SSSR count). The maximum Gasteiger partial charge on any atom is 0.350 e. The Balaban J connectivity index is 1.68. The average Bonchev–Trinajstić information content (AvgIpc) is 2.99. The molecule has 0 radical (unpaired) electrons. The summed E-state index contributed by atoms with van der Waals surface area (Å²) >= 11 is 5.84. The van der Waals surface area contributed by atoms with Crippen LogP contribution in [0.25, 0.3) is 5.65 Å². The third kappa shape index (κ3) is 3.09. The number of hydrogen-bond donors (Lipinski definition) is 0. The second-order valence-electron chi connectivity index (χ2n) is 5.91. The van der Waals surface area contributed by atoms with E-state index >= 15 is 0 Å². The lowest BCUT2D eigenvalue weighted by atomic mass is 10.1. The van der Waals surface area contributed by atoms with Crippen molar-refractivity contribution in [1.29, 1.82) is 0 Å². The number of aromatic nitrogens is 4. The Hall–Kier alpha value is -2.71. The standard InChI is InChI=1S/C17H16ClN5O3/c18-13-3-1-12(2-4-13)14(24)11-23-17(25)22-6-5-19-15(16(22)20-23)21-7-9-26-10-8-21/h1-6H,7-11H2. The third-order valence-electron chi connectivity index (χ3n) is 4.25. The lowest BCUT2D eigenvalue weighted by molar-refractivity contribution is 0.0966. The summed E-state index contributed by atoms with van der Waals surface area (Å²) < 4.78 is 7.93. The van der Waals surface area contributed by atoms with Crippen LogP contribution in [0.1, 0.15) is 10.4 Å². The molecular weight excluding hydrogens is 358 g/mol. The normalized spacial score (nSPS) is 14.7. The Bertz CT molecular complexity index is 1010. The topological polar surface area (TPSA) is 81.7 Å². The fourth-order valence-corrected chi connectivity index (χ4v) is 3.03. The summed E-state index contributed by atoms with van der Waals surface area (Å²) in [6.45, 7) is 2.41. The van der Waals surface area contributed by atoms with Gasteiger partial charge in [0.25, 0.3) is 0 Å². The van der Waals surface area contributed by atoms with Gasteiger partial charge in [0.05, 0.1) is 13.2 Å². The van der Waals surface area contributed by atoms with E-state index < -0.39 is 0 Å². The van der Waals surface area contributed by atoms with Gasteiger partial charge in [-0.05, 0) is 24.3 Å². The molecule has 3 aromatic rings. The van der Waals surface area contributed by atoms with Gasteiger partial charge in [0.2, 0.25) is 5.65 Å². The van der Waals surface area contributed by atoms with Gasteiger partial charge in [0, 0.05) is 36.1 Å². The van der Waals surface area contributed by atoms with Crippen molar-refractivity contribution in [3.63, 3.8) is 0 Å². The monoisotopic (exact) mass is 373 g/mol. The fourth-order valence-electron chi connectivity index (χ4n) is 2.90. The van der Waals surface area contributed by atoms with Gasteiger partial charge >= 0.3 is 5.69 Å². The molecule has 0 atom stereocenters. The molecular formula is C17H16ClN5O3. The van der Waals surface area contributed by atoms with Crippen LogP contribution in [0.5, 0.6) is 0 Å². The zero-order valence-electron chi connectivity index (χ0n) is 13.8. The van der Waals surface area contributed by atoms with Crippen molar-refractivity contribution in [3.05, 3.63) is 57.7 Å². The van der Waals surface area contributed by atoms with Crippen molar-refractivity contribution in [2.45, 2.75) is 6.54 Å². The number of morpholine rings is 1. The zero-order chi connectivity index (χ0) is 18.1. The number of rotatable bonds is 4. The van der Waals surface area contributed by atoms with Gasteiger partial charge in [-0.2, -0.15) is 0 Å². The van der Waals surface area contributed by atoms with Gasteiger partial charge in [-0.3, -0.25) is 4.79 Å². The first-order chi connectivity index (χ1) is 12.6. The number of benzene rings is 1. The molecule has 0 aliphatic carbocycles. The molecule has 2 aromatic heterocycles. The first-order valence-electron chi connectivity index (χ1n) is 8.19. The zero-order valence-corrected chi connectivity index (χ0v) is 14.6. The van der Waals surface area contributed by atoms with E-state index in [0.717, 1.165) is 4.68 Å². The Morgan fingerprint density at radius 1 is 1.19 bits per heavy atom. The number of carbonyl (C=O) groups is 1. The van der Waals surface area contributed by atoms with E-state index in [1.165, 1.54) is 4.40 Å². The van der Waals surface area contributed by atoms with Crippen LogP contribution in [0.4, 0.5) is 5.82 Å². The molecule has 1 saturated heterocycles. The lowest BCUT2D eigenvalue weighted by Crippen LogP contribution is -2.37. The molecule has 9 heteroatoms. The molecule has 1 aliphatic rings. The third-order valence-corrected chi connectivity index (χ3v) is 4.51. The highest BCUT2D eigenvalue weighted by Crippen LogP contribution is 2.17. The molecule has 1 aromatic carbocycles. The SMILES string of the molecule is O=C(Cn1nc2c(N3CCOCC3)nccn2c1=O)c1ccc(Cl)cc1. The average molecular weight is 374 g/mol. The van der Waals surface area contributed by atoms with E-state index in [-0.39, 0.29) is 18.0 Å². The Kier molecular flexibility index (Phi) is 4.44. The second-order valence-corrected chi connectivity index (χ2v) is 6.35. The molecule has 0 unspecified atom stereocenters. The predicted molar refractivity (Wildman–Crippen MR) is 96.1 cm³/mol. The number of fused-ring (bicyclic) bond motifs is 1. The second kappa shape index (κ2) is 6.89. The Morgan fingerprint density at radius 3 is 2.65 bits per heavy atom. The lowest BCUT2D eigenvalue weighted by Gasteiger charge is -2.27. The van der Waals surface area contributed by atoms with Gasteiger partial charge in [-0.1, -0.05) is 11.6 Å². The summed E-state index contributed by atoms with van der Waals surface area (Å²) in [5, 5.41) is 4.89. The van der Waals surface area contributed by atoms with Crippen LogP contribution >= 0.6 is 11.6 Å². The van der Waals surface area contributed by atoms with Crippen molar-refractivity contribution < 1.29 is 9.53 Å². The summed E-state index contributed by atoms with van der Waals surface area (Å²) in [6.07, 6.45) is 3.12. The number of anilines is 1. The van der Waals surface area contributed by atoms with Gasteiger partial charge in [-0.15, -0.1) is 5.10 Å². The molecule has 0 amide bonds. The largest absolute Gasteiger partial charge is 0.378 e. The quantitative estimate of drug-likeness (QED) is 0.640. The van der Waals surface area contributed by atoms with Gasteiger partial charge < -0.3 is 9.64 Å². The van der Waals surface area contributed by atoms with E-state index in [1.54, 1.807) is 36.7 Å². The molecule has 1 aliphatic heterocycles. The molecule has 8 nitrogen and oxygen atoms in total. The van der Waals surface area contributed by atoms with Crippen LogP contribution in [0, 0.1) is 0 Å². The summed E-state index contributed by atoms with van der Waals surface area (Å²) in [6, 6.07) is 6.54. The fraction of sp³-hybridized carbons (Fsp3) is 0.294. The Morgan fingerprint density at radius 2 is 1.92 bits per heavy atom. The van der Waals surface area contributed by atoms with E-state index in [0.29, 0.717) is 48.4 Å². The van der Waals surface area contributed by atoms with Crippen LogP contribution in [-0.4, -0.2) is 51.3 Å². The minimum Gasteiger partial charge on any atom is -0.378 e. The number of nitrogens with zero attached hydrogens (tertiary/aromatic N) is 5. The Labute approximate surface area is 153 Å². The first-order valence-corrected chi connectivity index (χ1v) is 8.57. The van der Waals surface area contributed by atoms with Crippen LogP contribution in [0.3, 0.4) is 0 Å². The molecule has 0 N–H and O–H groups in total.